The van der Waals surface area contributed by atoms with Crippen molar-refractivity contribution >= 4 is 21.7 Å². The minimum atomic E-state index is -3.28. The van der Waals surface area contributed by atoms with Gasteiger partial charge in [0.2, 0.25) is 11.7 Å². The van der Waals surface area contributed by atoms with Crippen LogP contribution in [-0.4, -0.2) is 71.9 Å². The lowest BCUT2D eigenvalue weighted by atomic mass is 10.0. The monoisotopic (exact) mass is 341 g/mol. The summed E-state index contributed by atoms with van der Waals surface area (Å²) in [6, 6.07) is 0.571. The third-order valence-electron chi connectivity index (χ3n) is 4.47. The molecule has 1 aromatic heterocycles. The smallest absolute Gasteiger partial charge is 0.292 e. The standard InChI is InChI=1S/C14H19N3O5S/c1-3-10-6-13(22-15-10)14(19)17-5-4-16(9(2)18)11-7-23(20,21)8-12(11)17/h6,11-12H,3-5,7-8H2,1-2H3/t11-,12+/m1/s1. The van der Waals surface area contributed by atoms with Gasteiger partial charge in [-0.05, 0) is 6.42 Å². The highest BCUT2D eigenvalue weighted by Gasteiger charge is 2.49. The van der Waals surface area contributed by atoms with E-state index in [2.05, 4.69) is 5.16 Å². The zero-order chi connectivity index (χ0) is 16.8. The first kappa shape index (κ1) is 16.0. The number of carbonyl (C=O) groups excluding carboxylic acids is 2. The van der Waals surface area contributed by atoms with Crippen molar-refractivity contribution in [2.45, 2.75) is 32.4 Å². The molecule has 2 amide bonds. The first-order valence-electron chi connectivity index (χ1n) is 7.56. The van der Waals surface area contributed by atoms with Crippen molar-refractivity contribution in [1.82, 2.24) is 15.0 Å². The molecule has 2 saturated heterocycles. The van der Waals surface area contributed by atoms with Gasteiger partial charge in [0.05, 0.1) is 29.3 Å². The first-order chi connectivity index (χ1) is 10.8. The summed E-state index contributed by atoms with van der Waals surface area (Å²) in [7, 11) is -3.28. The molecule has 2 fully saturated rings. The molecule has 9 heteroatoms. The minimum absolute atomic E-state index is 0.0996. The second kappa shape index (κ2) is 5.63. The lowest BCUT2D eigenvalue weighted by molar-refractivity contribution is -0.133. The second-order valence-corrected chi connectivity index (χ2v) is 8.11. The Hall–Kier alpha value is -1.90. The van der Waals surface area contributed by atoms with Gasteiger partial charge in [0.15, 0.2) is 9.84 Å². The van der Waals surface area contributed by atoms with Crippen LogP contribution in [0.3, 0.4) is 0 Å². The fraction of sp³-hybridized carbons (Fsp3) is 0.643. The van der Waals surface area contributed by atoms with E-state index in [4.69, 9.17) is 4.52 Å². The average Bonchev–Trinajstić information content (AvgIpc) is 3.07. The van der Waals surface area contributed by atoms with Crippen molar-refractivity contribution in [3.8, 4) is 0 Å². The Morgan fingerprint density at radius 1 is 1.26 bits per heavy atom. The Kier molecular flexibility index (Phi) is 3.91. The van der Waals surface area contributed by atoms with E-state index in [0.717, 1.165) is 0 Å². The van der Waals surface area contributed by atoms with Gasteiger partial charge in [0.1, 0.15) is 0 Å². The van der Waals surface area contributed by atoms with Gasteiger partial charge in [-0.3, -0.25) is 9.59 Å². The second-order valence-electron chi connectivity index (χ2n) is 5.96. The van der Waals surface area contributed by atoms with E-state index in [1.165, 1.54) is 11.8 Å². The van der Waals surface area contributed by atoms with E-state index in [-0.39, 0.29) is 35.6 Å². The lowest BCUT2D eigenvalue weighted by Crippen LogP contribution is -2.61. The van der Waals surface area contributed by atoms with Crippen molar-refractivity contribution in [1.29, 1.82) is 0 Å². The van der Waals surface area contributed by atoms with Gasteiger partial charge >= 0.3 is 0 Å². The predicted octanol–water partition coefficient (Wildman–Crippen LogP) is -0.293. The molecule has 23 heavy (non-hydrogen) atoms. The van der Waals surface area contributed by atoms with E-state index in [9.17, 15) is 18.0 Å². The highest BCUT2D eigenvalue weighted by molar-refractivity contribution is 7.91. The summed E-state index contributed by atoms with van der Waals surface area (Å²) < 4.78 is 29.1. The summed E-state index contributed by atoms with van der Waals surface area (Å²) in [5, 5.41) is 3.80. The van der Waals surface area contributed by atoms with E-state index >= 15 is 0 Å². The number of aromatic nitrogens is 1. The third kappa shape index (κ3) is 2.85. The molecule has 3 heterocycles. The lowest BCUT2D eigenvalue weighted by Gasteiger charge is -2.43. The Labute approximate surface area is 134 Å². The van der Waals surface area contributed by atoms with Gasteiger partial charge in [-0.15, -0.1) is 0 Å². The molecule has 126 valence electrons. The summed E-state index contributed by atoms with van der Waals surface area (Å²) in [5.74, 6) is -0.648. The van der Waals surface area contributed by atoms with Crippen LogP contribution in [0.2, 0.25) is 0 Å². The van der Waals surface area contributed by atoms with Gasteiger partial charge in [-0.25, -0.2) is 8.42 Å². The summed E-state index contributed by atoms with van der Waals surface area (Å²) >= 11 is 0. The highest BCUT2D eigenvalue weighted by Crippen LogP contribution is 2.28. The summed E-state index contributed by atoms with van der Waals surface area (Å²) in [6.07, 6.45) is 0.648. The average molecular weight is 341 g/mol. The molecular formula is C14H19N3O5S. The number of aryl methyl sites for hydroxylation is 1. The summed E-state index contributed by atoms with van der Waals surface area (Å²) in [5.41, 5.74) is 0.673. The molecule has 2 atom stereocenters. The molecule has 0 N–H and O–H groups in total. The van der Waals surface area contributed by atoms with E-state index in [1.54, 1.807) is 11.0 Å². The van der Waals surface area contributed by atoms with Crippen molar-refractivity contribution in [3.63, 3.8) is 0 Å². The zero-order valence-corrected chi connectivity index (χ0v) is 13.9. The molecule has 0 unspecified atom stereocenters. The Morgan fingerprint density at radius 3 is 2.43 bits per heavy atom. The van der Waals surface area contributed by atoms with Crippen LogP contribution in [0.4, 0.5) is 0 Å². The summed E-state index contributed by atoms with van der Waals surface area (Å²) in [4.78, 5) is 27.5. The number of hydrogen-bond donors (Lipinski definition) is 0. The third-order valence-corrected chi connectivity index (χ3v) is 6.17. The van der Waals surface area contributed by atoms with E-state index in [0.29, 0.717) is 18.7 Å². The summed E-state index contributed by atoms with van der Waals surface area (Å²) in [6.45, 7) is 3.94. The first-order valence-corrected chi connectivity index (χ1v) is 9.38. The molecule has 2 aliphatic rings. The van der Waals surface area contributed by atoms with E-state index in [1.807, 2.05) is 6.92 Å². The number of sulfone groups is 1. The number of piperazine rings is 1. The SMILES string of the molecule is CCc1cc(C(=O)N2CCN(C(C)=O)[C@@H]3CS(=O)(=O)C[C@@H]32)on1. The molecule has 0 spiro atoms. The topological polar surface area (TPSA) is 101 Å². The number of fused-ring (bicyclic) bond motifs is 1. The zero-order valence-electron chi connectivity index (χ0n) is 13.1. The van der Waals surface area contributed by atoms with Gasteiger partial charge < -0.3 is 14.3 Å². The largest absolute Gasteiger partial charge is 0.351 e. The maximum Gasteiger partial charge on any atom is 0.292 e. The number of nitrogens with zero attached hydrogens (tertiary/aromatic N) is 3. The van der Waals surface area contributed by atoms with Crippen LogP contribution in [0.1, 0.15) is 30.1 Å². The van der Waals surface area contributed by atoms with E-state index < -0.39 is 21.9 Å². The fourth-order valence-corrected chi connectivity index (χ4v) is 5.30. The maximum absolute atomic E-state index is 12.7. The van der Waals surface area contributed by atoms with Crippen LogP contribution in [0, 0.1) is 0 Å². The predicted molar refractivity (Wildman–Crippen MR) is 80.5 cm³/mol. The number of hydrogen-bond acceptors (Lipinski definition) is 6. The molecule has 1 aromatic rings. The fourth-order valence-electron chi connectivity index (χ4n) is 3.32. The molecule has 0 aromatic carbocycles. The van der Waals surface area contributed by atoms with Crippen LogP contribution >= 0.6 is 0 Å². The van der Waals surface area contributed by atoms with Crippen LogP contribution in [0.25, 0.3) is 0 Å². The molecule has 0 aliphatic carbocycles. The molecular weight excluding hydrogens is 322 g/mol. The normalized spacial score (nSPS) is 26.2. The van der Waals surface area contributed by atoms with Crippen molar-refractivity contribution in [2.75, 3.05) is 24.6 Å². The van der Waals surface area contributed by atoms with Crippen LogP contribution in [-0.2, 0) is 21.1 Å². The van der Waals surface area contributed by atoms with Crippen LogP contribution in [0.5, 0.6) is 0 Å². The van der Waals surface area contributed by atoms with Gasteiger partial charge in [-0.1, -0.05) is 12.1 Å². The van der Waals surface area contributed by atoms with Crippen molar-refractivity contribution in [3.05, 3.63) is 17.5 Å². The minimum Gasteiger partial charge on any atom is -0.351 e. The van der Waals surface area contributed by atoms with Crippen molar-refractivity contribution < 1.29 is 22.5 Å². The number of amides is 2. The highest BCUT2D eigenvalue weighted by atomic mass is 32.2. The van der Waals surface area contributed by atoms with Crippen molar-refractivity contribution in [2.24, 2.45) is 0 Å². The molecule has 8 nitrogen and oxygen atoms in total. The molecule has 0 saturated carbocycles. The number of rotatable bonds is 2. The molecule has 0 radical (unpaired) electrons. The van der Waals surface area contributed by atoms with Gasteiger partial charge in [0, 0.05) is 26.1 Å². The Bertz CT molecular complexity index is 741. The number of carbonyl (C=O) groups is 2. The molecule has 2 aliphatic heterocycles. The Morgan fingerprint density at radius 2 is 1.87 bits per heavy atom. The molecule has 3 rings (SSSR count). The van der Waals surface area contributed by atoms with Gasteiger partial charge in [-0.2, -0.15) is 0 Å². The maximum atomic E-state index is 12.7. The quantitative estimate of drug-likeness (QED) is 0.732. The Balaban J connectivity index is 1.88. The van der Waals surface area contributed by atoms with Crippen LogP contribution in [0.15, 0.2) is 10.6 Å². The van der Waals surface area contributed by atoms with Gasteiger partial charge in [0.25, 0.3) is 5.91 Å². The van der Waals surface area contributed by atoms with Crippen LogP contribution < -0.4 is 0 Å². The molecule has 0 bridgehead atoms.